The number of aryl methyl sites for hydroxylation is 1. The van der Waals surface area contributed by atoms with E-state index in [2.05, 4.69) is 15.3 Å². The van der Waals surface area contributed by atoms with E-state index in [1.54, 1.807) is 11.3 Å². The largest absolute Gasteiger partial charge is 0.457 e. The number of ether oxygens (including phenoxy) is 1. The zero-order valence-corrected chi connectivity index (χ0v) is 14.1. The summed E-state index contributed by atoms with van der Waals surface area (Å²) in [6.07, 6.45) is 1.82. The van der Waals surface area contributed by atoms with Crippen molar-refractivity contribution in [2.24, 2.45) is 10.7 Å². The standard InChI is InChI=1S/C18H18N4OS/c1-13-20-11-17(24-13)12-21-18(19)22-14-6-5-9-16(10-14)23-15-7-3-2-4-8-15/h2-11H,12H2,1H3,(H3,19,21,22). The molecule has 0 bridgehead atoms. The number of nitrogens with one attached hydrogen (secondary N) is 1. The van der Waals surface area contributed by atoms with Crippen LogP contribution in [0.5, 0.6) is 11.5 Å². The summed E-state index contributed by atoms with van der Waals surface area (Å²) in [5, 5.41) is 4.10. The Morgan fingerprint density at radius 3 is 2.71 bits per heavy atom. The fourth-order valence-corrected chi connectivity index (χ4v) is 2.81. The summed E-state index contributed by atoms with van der Waals surface area (Å²) in [5.41, 5.74) is 6.77. The van der Waals surface area contributed by atoms with E-state index in [1.807, 2.05) is 67.7 Å². The second-order valence-corrected chi connectivity index (χ2v) is 6.43. The third kappa shape index (κ3) is 4.57. The third-order valence-electron chi connectivity index (χ3n) is 3.16. The minimum Gasteiger partial charge on any atom is -0.457 e. The molecule has 1 heterocycles. The van der Waals surface area contributed by atoms with Crippen molar-refractivity contribution in [1.82, 2.24) is 4.98 Å². The monoisotopic (exact) mass is 338 g/mol. The van der Waals surface area contributed by atoms with E-state index >= 15 is 0 Å². The fraction of sp³-hybridized carbons (Fsp3) is 0.111. The van der Waals surface area contributed by atoms with E-state index in [0.29, 0.717) is 12.5 Å². The third-order valence-corrected chi connectivity index (χ3v) is 4.06. The number of hydrogen-bond donors (Lipinski definition) is 2. The van der Waals surface area contributed by atoms with Gasteiger partial charge >= 0.3 is 0 Å². The van der Waals surface area contributed by atoms with Gasteiger partial charge in [-0.25, -0.2) is 9.98 Å². The van der Waals surface area contributed by atoms with Crippen molar-refractivity contribution >= 4 is 23.0 Å². The minimum absolute atomic E-state index is 0.359. The maximum Gasteiger partial charge on any atom is 0.193 e. The van der Waals surface area contributed by atoms with Gasteiger partial charge in [0.15, 0.2) is 5.96 Å². The van der Waals surface area contributed by atoms with Crippen LogP contribution in [0, 0.1) is 6.92 Å². The Bertz CT molecular complexity index is 830. The number of benzene rings is 2. The number of aromatic nitrogens is 1. The van der Waals surface area contributed by atoms with Crippen molar-refractivity contribution < 1.29 is 4.74 Å². The molecule has 0 amide bonds. The quantitative estimate of drug-likeness (QED) is 0.541. The van der Waals surface area contributed by atoms with Crippen LogP contribution in [0.1, 0.15) is 9.88 Å². The molecule has 6 heteroatoms. The molecule has 0 aliphatic carbocycles. The molecule has 0 aliphatic heterocycles. The highest BCUT2D eigenvalue weighted by molar-refractivity contribution is 7.11. The molecule has 0 radical (unpaired) electrons. The van der Waals surface area contributed by atoms with Crippen LogP contribution in [0.15, 0.2) is 65.8 Å². The van der Waals surface area contributed by atoms with Crippen LogP contribution in [0.25, 0.3) is 0 Å². The van der Waals surface area contributed by atoms with Gasteiger partial charge in [0, 0.05) is 22.8 Å². The molecule has 3 N–H and O–H groups in total. The predicted molar refractivity (Wildman–Crippen MR) is 98.8 cm³/mol. The van der Waals surface area contributed by atoms with Gasteiger partial charge in [0.2, 0.25) is 0 Å². The zero-order valence-electron chi connectivity index (χ0n) is 13.3. The van der Waals surface area contributed by atoms with Crippen LogP contribution in [-0.4, -0.2) is 10.9 Å². The second-order valence-electron chi connectivity index (χ2n) is 5.12. The average molecular weight is 338 g/mol. The zero-order chi connectivity index (χ0) is 16.8. The number of hydrogen-bond acceptors (Lipinski definition) is 4. The Morgan fingerprint density at radius 2 is 1.96 bits per heavy atom. The number of guanidine groups is 1. The number of nitrogens with two attached hydrogens (primary N) is 1. The molecule has 0 atom stereocenters. The molecule has 3 aromatic rings. The first-order valence-electron chi connectivity index (χ1n) is 7.50. The van der Waals surface area contributed by atoms with Gasteiger partial charge in [-0.2, -0.15) is 0 Å². The van der Waals surface area contributed by atoms with Gasteiger partial charge in [0.25, 0.3) is 0 Å². The summed E-state index contributed by atoms with van der Waals surface area (Å²) in [5.74, 6) is 1.88. The lowest BCUT2D eigenvalue weighted by atomic mass is 10.3. The van der Waals surface area contributed by atoms with Crippen molar-refractivity contribution in [1.29, 1.82) is 0 Å². The first kappa shape index (κ1) is 16.0. The van der Waals surface area contributed by atoms with Gasteiger partial charge in [0.1, 0.15) is 11.5 Å². The van der Waals surface area contributed by atoms with Crippen molar-refractivity contribution in [3.8, 4) is 11.5 Å². The van der Waals surface area contributed by atoms with Crippen molar-refractivity contribution in [2.45, 2.75) is 13.5 Å². The van der Waals surface area contributed by atoms with Crippen molar-refractivity contribution in [3.05, 3.63) is 70.7 Å². The number of thiazole rings is 1. The van der Waals surface area contributed by atoms with E-state index in [9.17, 15) is 0 Å². The summed E-state index contributed by atoms with van der Waals surface area (Å²) in [6, 6.07) is 17.2. The molecule has 3 rings (SSSR count). The Morgan fingerprint density at radius 1 is 1.17 bits per heavy atom. The molecule has 122 valence electrons. The summed E-state index contributed by atoms with van der Waals surface area (Å²) in [7, 11) is 0. The van der Waals surface area contributed by atoms with E-state index in [0.717, 1.165) is 27.1 Å². The Kier molecular flexibility index (Phi) is 5.08. The van der Waals surface area contributed by atoms with Gasteiger partial charge in [-0.3, -0.25) is 0 Å². The summed E-state index contributed by atoms with van der Waals surface area (Å²) >= 11 is 1.62. The van der Waals surface area contributed by atoms with Crippen LogP contribution in [0.3, 0.4) is 0 Å². The Hall–Kier alpha value is -2.86. The summed E-state index contributed by atoms with van der Waals surface area (Å²) in [6.45, 7) is 2.49. The summed E-state index contributed by atoms with van der Waals surface area (Å²) < 4.78 is 5.81. The molecular weight excluding hydrogens is 320 g/mol. The number of para-hydroxylation sites is 1. The van der Waals surface area contributed by atoms with Crippen molar-refractivity contribution in [2.75, 3.05) is 5.32 Å². The van der Waals surface area contributed by atoms with Gasteiger partial charge in [-0.1, -0.05) is 24.3 Å². The molecule has 0 spiro atoms. The number of nitrogens with zero attached hydrogens (tertiary/aromatic N) is 2. The molecule has 24 heavy (non-hydrogen) atoms. The maximum atomic E-state index is 5.95. The number of aliphatic imine (C=N–C) groups is 1. The maximum absolute atomic E-state index is 5.95. The van der Waals surface area contributed by atoms with Crippen molar-refractivity contribution in [3.63, 3.8) is 0 Å². The van der Waals surface area contributed by atoms with Crippen LogP contribution in [0.4, 0.5) is 5.69 Å². The molecule has 1 aromatic heterocycles. The first-order valence-corrected chi connectivity index (χ1v) is 8.32. The molecule has 5 nitrogen and oxygen atoms in total. The SMILES string of the molecule is Cc1ncc(CN=C(N)Nc2cccc(Oc3ccccc3)c2)s1. The highest BCUT2D eigenvalue weighted by Crippen LogP contribution is 2.23. The summed E-state index contributed by atoms with van der Waals surface area (Å²) in [4.78, 5) is 9.61. The molecule has 0 aliphatic rings. The lowest BCUT2D eigenvalue weighted by Gasteiger charge is -2.09. The second kappa shape index (κ2) is 7.61. The molecular formula is C18H18N4OS. The predicted octanol–water partition coefficient (Wildman–Crippen LogP) is 4.17. The van der Waals surface area contributed by atoms with E-state index in [-0.39, 0.29) is 0 Å². The molecule has 0 saturated heterocycles. The van der Waals surface area contributed by atoms with Gasteiger partial charge in [-0.05, 0) is 31.2 Å². The normalized spacial score (nSPS) is 11.3. The molecule has 0 unspecified atom stereocenters. The van der Waals surface area contributed by atoms with Crippen LogP contribution in [-0.2, 0) is 6.54 Å². The topological polar surface area (TPSA) is 72.5 Å². The van der Waals surface area contributed by atoms with E-state index in [4.69, 9.17) is 10.5 Å². The van der Waals surface area contributed by atoms with Crippen LogP contribution in [0.2, 0.25) is 0 Å². The lowest BCUT2D eigenvalue weighted by molar-refractivity contribution is 0.483. The van der Waals surface area contributed by atoms with Crippen LogP contribution < -0.4 is 15.8 Å². The average Bonchev–Trinajstić information content (AvgIpc) is 3.00. The molecule has 0 fully saturated rings. The Labute approximate surface area is 144 Å². The highest BCUT2D eigenvalue weighted by atomic mass is 32.1. The number of rotatable bonds is 5. The number of anilines is 1. The highest BCUT2D eigenvalue weighted by Gasteiger charge is 2.01. The van der Waals surface area contributed by atoms with E-state index < -0.39 is 0 Å². The van der Waals surface area contributed by atoms with Gasteiger partial charge in [0.05, 0.1) is 11.6 Å². The Balaban J connectivity index is 1.63. The minimum atomic E-state index is 0.359. The van der Waals surface area contributed by atoms with Gasteiger partial charge in [-0.15, -0.1) is 11.3 Å². The first-order chi connectivity index (χ1) is 11.7. The van der Waals surface area contributed by atoms with Crippen LogP contribution >= 0.6 is 11.3 Å². The fourth-order valence-electron chi connectivity index (χ4n) is 2.09. The molecule has 0 saturated carbocycles. The smallest absolute Gasteiger partial charge is 0.193 e. The lowest BCUT2D eigenvalue weighted by Crippen LogP contribution is -2.22. The van der Waals surface area contributed by atoms with Gasteiger partial charge < -0.3 is 15.8 Å². The van der Waals surface area contributed by atoms with E-state index in [1.165, 1.54) is 0 Å². The molecule has 2 aromatic carbocycles.